The number of hydrogen-bond donors (Lipinski definition) is 1. The fraction of sp³-hybridized carbons (Fsp3) is 0.143. The summed E-state index contributed by atoms with van der Waals surface area (Å²) in [5.41, 5.74) is 7.08. The van der Waals surface area contributed by atoms with E-state index in [1.807, 2.05) is 36.6 Å². The first-order valence-electron chi connectivity index (χ1n) is 6.02. The van der Waals surface area contributed by atoms with Gasteiger partial charge in [-0.1, -0.05) is 6.07 Å². The maximum Gasteiger partial charge on any atom is 0.169 e. The maximum absolute atomic E-state index is 5.91. The Morgan fingerprint density at radius 3 is 2.95 bits per heavy atom. The Morgan fingerprint density at radius 1 is 1.30 bits per heavy atom. The predicted molar refractivity (Wildman–Crippen MR) is 85.0 cm³/mol. The van der Waals surface area contributed by atoms with Crippen LogP contribution in [0, 0.1) is 6.92 Å². The van der Waals surface area contributed by atoms with Crippen LogP contribution >= 0.6 is 27.3 Å². The number of ether oxygens (including phenoxy) is 1. The normalized spacial score (nSPS) is 10.9. The van der Waals surface area contributed by atoms with Gasteiger partial charge < -0.3 is 10.5 Å². The van der Waals surface area contributed by atoms with E-state index in [0.29, 0.717) is 18.2 Å². The number of nitrogens with zero attached hydrogens (tertiary/aromatic N) is 2. The first-order valence-corrected chi connectivity index (χ1v) is 7.69. The number of nitrogens with two attached hydrogens (primary N) is 1. The van der Waals surface area contributed by atoms with Crippen LogP contribution in [0.2, 0.25) is 0 Å². The van der Waals surface area contributed by atoms with Gasteiger partial charge in [0.2, 0.25) is 0 Å². The average Bonchev–Trinajstić information content (AvgIpc) is 2.86. The van der Waals surface area contributed by atoms with Crippen molar-refractivity contribution < 1.29 is 4.74 Å². The van der Waals surface area contributed by atoms with E-state index in [-0.39, 0.29) is 0 Å². The summed E-state index contributed by atoms with van der Waals surface area (Å²) in [6.45, 7) is 2.32. The van der Waals surface area contributed by atoms with Gasteiger partial charge >= 0.3 is 0 Å². The van der Waals surface area contributed by atoms with Crippen LogP contribution in [-0.4, -0.2) is 9.97 Å². The van der Waals surface area contributed by atoms with Crippen LogP contribution in [0.1, 0.15) is 11.4 Å². The first kappa shape index (κ1) is 13.3. The maximum atomic E-state index is 5.91. The number of fused-ring (bicyclic) bond motifs is 1. The summed E-state index contributed by atoms with van der Waals surface area (Å²) in [7, 11) is 0. The van der Waals surface area contributed by atoms with Gasteiger partial charge in [-0.2, -0.15) is 0 Å². The molecule has 0 fully saturated rings. The second-order valence-corrected chi connectivity index (χ2v) is 6.14. The van der Waals surface area contributed by atoms with Crippen molar-refractivity contribution in [2.75, 3.05) is 5.73 Å². The van der Waals surface area contributed by atoms with E-state index >= 15 is 0 Å². The quantitative estimate of drug-likeness (QED) is 0.778. The molecule has 0 atom stereocenters. The Balaban J connectivity index is 1.82. The van der Waals surface area contributed by atoms with Crippen LogP contribution in [0.5, 0.6) is 5.75 Å². The number of benzene rings is 1. The van der Waals surface area contributed by atoms with Crippen LogP contribution in [-0.2, 0) is 6.61 Å². The molecule has 0 spiro atoms. The number of rotatable bonds is 3. The van der Waals surface area contributed by atoms with E-state index in [0.717, 1.165) is 20.4 Å². The summed E-state index contributed by atoms with van der Waals surface area (Å²) in [6.07, 6.45) is 0. The molecule has 2 N–H and O–H groups in total. The highest BCUT2D eigenvalue weighted by molar-refractivity contribution is 9.10. The first-order chi connectivity index (χ1) is 9.63. The van der Waals surface area contributed by atoms with Crippen molar-refractivity contribution in [1.82, 2.24) is 9.97 Å². The Morgan fingerprint density at radius 2 is 2.15 bits per heavy atom. The van der Waals surface area contributed by atoms with E-state index in [1.54, 1.807) is 11.3 Å². The lowest BCUT2D eigenvalue weighted by molar-refractivity contribution is 0.294. The van der Waals surface area contributed by atoms with Crippen molar-refractivity contribution in [3.8, 4) is 5.75 Å². The van der Waals surface area contributed by atoms with Gasteiger partial charge in [0.05, 0.1) is 9.86 Å². The van der Waals surface area contributed by atoms with E-state index < -0.39 is 0 Å². The molecule has 0 aliphatic carbocycles. The molecule has 3 rings (SSSR count). The van der Waals surface area contributed by atoms with Crippen molar-refractivity contribution in [3.63, 3.8) is 0 Å². The summed E-state index contributed by atoms with van der Waals surface area (Å²) < 4.78 is 6.65. The van der Waals surface area contributed by atoms with Gasteiger partial charge in [-0.05, 0) is 52.0 Å². The number of aryl methyl sites for hydroxylation is 1. The monoisotopic (exact) mass is 349 g/mol. The van der Waals surface area contributed by atoms with Crippen LogP contribution in [0.3, 0.4) is 0 Å². The molecule has 0 radical (unpaired) electrons. The minimum absolute atomic E-state index is 0.291. The van der Waals surface area contributed by atoms with E-state index in [9.17, 15) is 0 Å². The second-order valence-electron chi connectivity index (χ2n) is 4.39. The van der Waals surface area contributed by atoms with Gasteiger partial charge in [-0.3, -0.25) is 0 Å². The summed E-state index contributed by atoms with van der Waals surface area (Å²) in [5, 5.41) is 2.85. The molecule has 0 bridgehead atoms. The summed E-state index contributed by atoms with van der Waals surface area (Å²) in [5.74, 6) is 1.85. The molecule has 2 aromatic heterocycles. The number of thiophene rings is 1. The molecule has 102 valence electrons. The van der Waals surface area contributed by atoms with Gasteiger partial charge in [-0.15, -0.1) is 11.3 Å². The van der Waals surface area contributed by atoms with Crippen LogP contribution in [0.15, 0.2) is 34.1 Å². The van der Waals surface area contributed by atoms with Crippen molar-refractivity contribution in [2.45, 2.75) is 13.5 Å². The molecule has 0 aliphatic heterocycles. The van der Waals surface area contributed by atoms with Crippen LogP contribution in [0.4, 0.5) is 5.82 Å². The summed E-state index contributed by atoms with van der Waals surface area (Å²) in [4.78, 5) is 9.60. The number of hydrogen-bond acceptors (Lipinski definition) is 5. The van der Waals surface area contributed by atoms with Gasteiger partial charge in [0.1, 0.15) is 23.0 Å². The molecule has 0 unspecified atom stereocenters. The lowest BCUT2D eigenvalue weighted by atomic mass is 10.2. The largest absolute Gasteiger partial charge is 0.484 e. The smallest absolute Gasteiger partial charge is 0.169 e. The zero-order chi connectivity index (χ0) is 14.1. The minimum atomic E-state index is 0.291. The fourth-order valence-corrected chi connectivity index (χ4v) is 3.25. The molecule has 2 heterocycles. The standard InChI is InChI=1S/C14H12BrN3OS/c1-8-2-3-11(10(15)6-8)19-7-12-17-13(16)9-4-5-20-14(9)18-12/h2-6H,7H2,1H3,(H2,16,17,18). The third-order valence-electron chi connectivity index (χ3n) is 2.85. The van der Waals surface area contributed by atoms with Crippen molar-refractivity contribution in [1.29, 1.82) is 0 Å². The highest BCUT2D eigenvalue weighted by Crippen LogP contribution is 2.27. The predicted octanol–water partition coefficient (Wildman–Crippen LogP) is 3.92. The van der Waals surface area contributed by atoms with E-state index in [4.69, 9.17) is 10.5 Å². The van der Waals surface area contributed by atoms with E-state index in [2.05, 4.69) is 25.9 Å². The average molecular weight is 350 g/mol. The number of halogens is 1. The van der Waals surface area contributed by atoms with Crippen LogP contribution < -0.4 is 10.5 Å². The molecule has 3 aromatic rings. The van der Waals surface area contributed by atoms with Crippen molar-refractivity contribution in [2.24, 2.45) is 0 Å². The highest BCUT2D eigenvalue weighted by Gasteiger charge is 2.08. The molecule has 4 nitrogen and oxygen atoms in total. The number of nitrogen functional groups attached to an aromatic ring is 1. The Hall–Kier alpha value is -1.66. The summed E-state index contributed by atoms with van der Waals surface area (Å²) >= 11 is 5.03. The molecular formula is C14H12BrN3OS. The van der Waals surface area contributed by atoms with Crippen molar-refractivity contribution in [3.05, 3.63) is 45.5 Å². The molecule has 1 aromatic carbocycles. The number of aromatic nitrogens is 2. The molecule has 20 heavy (non-hydrogen) atoms. The molecule has 0 saturated carbocycles. The molecule has 0 amide bonds. The highest BCUT2D eigenvalue weighted by atomic mass is 79.9. The second kappa shape index (κ2) is 5.38. The SMILES string of the molecule is Cc1ccc(OCc2nc(N)c3ccsc3n2)c(Br)c1. The van der Waals surface area contributed by atoms with Gasteiger partial charge in [0, 0.05) is 0 Å². The zero-order valence-electron chi connectivity index (χ0n) is 10.8. The molecule has 6 heteroatoms. The summed E-state index contributed by atoms with van der Waals surface area (Å²) in [6, 6.07) is 7.85. The zero-order valence-corrected chi connectivity index (χ0v) is 13.2. The third-order valence-corrected chi connectivity index (χ3v) is 4.27. The molecule has 0 saturated heterocycles. The lowest BCUT2D eigenvalue weighted by Crippen LogP contribution is -2.04. The lowest BCUT2D eigenvalue weighted by Gasteiger charge is -2.08. The third kappa shape index (κ3) is 2.62. The Labute approximate surface area is 128 Å². The molecular weight excluding hydrogens is 338 g/mol. The fourth-order valence-electron chi connectivity index (χ4n) is 1.85. The topological polar surface area (TPSA) is 61.0 Å². The Kier molecular flexibility index (Phi) is 3.58. The van der Waals surface area contributed by atoms with Gasteiger partial charge in [0.15, 0.2) is 5.82 Å². The van der Waals surface area contributed by atoms with Gasteiger partial charge in [-0.25, -0.2) is 9.97 Å². The van der Waals surface area contributed by atoms with Crippen molar-refractivity contribution >= 4 is 43.3 Å². The van der Waals surface area contributed by atoms with E-state index in [1.165, 1.54) is 5.56 Å². The molecule has 0 aliphatic rings. The number of anilines is 1. The Bertz CT molecular complexity index is 772. The van der Waals surface area contributed by atoms with Crippen LogP contribution in [0.25, 0.3) is 10.2 Å². The minimum Gasteiger partial charge on any atom is -0.484 e. The van der Waals surface area contributed by atoms with Gasteiger partial charge in [0.25, 0.3) is 0 Å².